The molecule has 0 atom stereocenters. The third-order valence-corrected chi connectivity index (χ3v) is 3.64. The van der Waals surface area contributed by atoms with Gasteiger partial charge in [0.15, 0.2) is 0 Å². The Kier molecular flexibility index (Phi) is 4.24. The first-order valence-corrected chi connectivity index (χ1v) is 7.03. The minimum atomic E-state index is -4.46. The summed E-state index contributed by atoms with van der Waals surface area (Å²) in [7, 11) is 0. The van der Waals surface area contributed by atoms with E-state index in [4.69, 9.17) is 0 Å². The number of aryl methyl sites for hydroxylation is 2. The summed E-state index contributed by atoms with van der Waals surface area (Å²) in [5.74, 6) is -0.447. The van der Waals surface area contributed by atoms with Crippen LogP contribution in [0.1, 0.15) is 30.5 Å². The number of rotatable bonds is 3. The van der Waals surface area contributed by atoms with Gasteiger partial charge in [0.05, 0.1) is 11.8 Å². The molecule has 23 heavy (non-hydrogen) atoms. The zero-order valence-electron chi connectivity index (χ0n) is 13.3. The summed E-state index contributed by atoms with van der Waals surface area (Å²) in [6, 6.07) is 3.73. The smallest absolute Gasteiger partial charge is 0.324 e. The van der Waals surface area contributed by atoms with Crippen LogP contribution in [0.2, 0.25) is 0 Å². The topological polar surface area (TPSA) is 46.9 Å². The molecule has 7 heteroatoms. The highest BCUT2D eigenvalue weighted by atomic mass is 19.4. The maximum atomic E-state index is 12.9. The molecule has 2 aromatic rings. The summed E-state index contributed by atoms with van der Waals surface area (Å²) in [6.07, 6.45) is -1.14. The molecule has 0 unspecified atom stereocenters. The number of benzene rings is 1. The molecular weight excluding hydrogens is 307 g/mol. The standard InChI is InChI=1S/C16H18F3N3O/c1-10-8-20-22(9-10)15(3,4)14(23)21-12-6-5-11(2)13(7-12)16(17,18)19/h5-9H,1-4H3,(H,21,23). The molecule has 1 aromatic heterocycles. The van der Waals surface area contributed by atoms with E-state index in [1.54, 1.807) is 26.2 Å². The normalized spacial score (nSPS) is 12.3. The van der Waals surface area contributed by atoms with Gasteiger partial charge in [-0.15, -0.1) is 0 Å². The van der Waals surface area contributed by atoms with E-state index in [0.29, 0.717) is 0 Å². The van der Waals surface area contributed by atoms with Crippen molar-refractivity contribution in [1.82, 2.24) is 9.78 Å². The van der Waals surface area contributed by atoms with Gasteiger partial charge >= 0.3 is 6.18 Å². The number of carbonyl (C=O) groups is 1. The second kappa shape index (κ2) is 5.72. The van der Waals surface area contributed by atoms with E-state index in [9.17, 15) is 18.0 Å². The summed E-state index contributed by atoms with van der Waals surface area (Å²) in [5, 5.41) is 6.63. The van der Waals surface area contributed by atoms with Crippen LogP contribution in [0.15, 0.2) is 30.6 Å². The molecule has 0 aliphatic rings. The van der Waals surface area contributed by atoms with Gasteiger partial charge in [0.1, 0.15) is 5.54 Å². The highest BCUT2D eigenvalue weighted by Gasteiger charge is 2.34. The zero-order valence-corrected chi connectivity index (χ0v) is 13.3. The maximum Gasteiger partial charge on any atom is 0.416 e. The highest BCUT2D eigenvalue weighted by Crippen LogP contribution is 2.33. The Morgan fingerprint density at radius 2 is 1.87 bits per heavy atom. The lowest BCUT2D eigenvalue weighted by atomic mass is 10.0. The third-order valence-electron chi connectivity index (χ3n) is 3.64. The van der Waals surface area contributed by atoms with E-state index < -0.39 is 23.2 Å². The number of amides is 1. The second-order valence-corrected chi connectivity index (χ2v) is 6.00. The van der Waals surface area contributed by atoms with E-state index in [2.05, 4.69) is 10.4 Å². The number of nitrogens with zero attached hydrogens (tertiary/aromatic N) is 2. The van der Waals surface area contributed by atoms with Crippen LogP contribution < -0.4 is 5.32 Å². The third kappa shape index (κ3) is 3.55. The number of nitrogens with one attached hydrogen (secondary N) is 1. The van der Waals surface area contributed by atoms with Gasteiger partial charge in [-0.1, -0.05) is 6.07 Å². The molecule has 1 aromatic carbocycles. The number of anilines is 1. The number of hydrogen-bond acceptors (Lipinski definition) is 2. The molecule has 0 aliphatic carbocycles. The molecule has 0 bridgehead atoms. The maximum absolute atomic E-state index is 12.9. The van der Waals surface area contributed by atoms with Crippen molar-refractivity contribution in [2.24, 2.45) is 0 Å². The minimum absolute atomic E-state index is 0.102. The van der Waals surface area contributed by atoms with Gasteiger partial charge < -0.3 is 5.32 Å². The Balaban J connectivity index is 2.27. The Labute approximate surface area is 132 Å². The van der Waals surface area contributed by atoms with Crippen LogP contribution in [-0.4, -0.2) is 15.7 Å². The first kappa shape index (κ1) is 17.1. The van der Waals surface area contributed by atoms with Crippen LogP contribution in [-0.2, 0) is 16.5 Å². The van der Waals surface area contributed by atoms with Crippen molar-refractivity contribution in [3.8, 4) is 0 Å². The summed E-state index contributed by atoms with van der Waals surface area (Å²) in [4.78, 5) is 12.4. The molecule has 0 spiro atoms. The first-order chi connectivity index (χ1) is 10.5. The summed E-state index contributed by atoms with van der Waals surface area (Å²) in [5.41, 5.74) is -0.691. The van der Waals surface area contributed by atoms with Gasteiger partial charge in [-0.05, 0) is 51.0 Å². The van der Waals surface area contributed by atoms with Crippen LogP contribution >= 0.6 is 0 Å². The minimum Gasteiger partial charge on any atom is -0.324 e. The van der Waals surface area contributed by atoms with Gasteiger partial charge in [0, 0.05) is 11.9 Å². The van der Waals surface area contributed by atoms with Crippen molar-refractivity contribution >= 4 is 11.6 Å². The Morgan fingerprint density at radius 3 is 2.39 bits per heavy atom. The van der Waals surface area contributed by atoms with E-state index in [0.717, 1.165) is 11.6 Å². The van der Waals surface area contributed by atoms with E-state index in [1.807, 2.05) is 6.92 Å². The van der Waals surface area contributed by atoms with Gasteiger partial charge in [0.2, 0.25) is 0 Å². The van der Waals surface area contributed by atoms with Crippen molar-refractivity contribution in [3.63, 3.8) is 0 Å². The molecule has 0 saturated carbocycles. The number of alkyl halides is 3. The lowest BCUT2D eigenvalue weighted by Crippen LogP contribution is -2.40. The molecule has 0 radical (unpaired) electrons. The SMILES string of the molecule is Cc1cnn(C(C)(C)C(=O)Nc2ccc(C)c(C(F)(F)F)c2)c1. The van der Waals surface area contributed by atoms with Crippen LogP contribution in [0.25, 0.3) is 0 Å². The number of halogens is 3. The second-order valence-electron chi connectivity index (χ2n) is 6.00. The van der Waals surface area contributed by atoms with Crippen LogP contribution in [0, 0.1) is 13.8 Å². The summed E-state index contributed by atoms with van der Waals surface area (Å²) >= 11 is 0. The summed E-state index contributed by atoms with van der Waals surface area (Å²) < 4.78 is 40.3. The van der Waals surface area contributed by atoms with E-state index >= 15 is 0 Å². The highest BCUT2D eigenvalue weighted by molar-refractivity contribution is 5.96. The monoisotopic (exact) mass is 325 g/mol. The van der Waals surface area contributed by atoms with Gasteiger partial charge in [0.25, 0.3) is 5.91 Å². The number of aromatic nitrogens is 2. The Morgan fingerprint density at radius 1 is 1.22 bits per heavy atom. The van der Waals surface area contributed by atoms with Crippen LogP contribution in [0.4, 0.5) is 18.9 Å². The largest absolute Gasteiger partial charge is 0.416 e. The Hall–Kier alpha value is -2.31. The van der Waals surface area contributed by atoms with Gasteiger partial charge in [-0.3, -0.25) is 9.48 Å². The molecule has 0 fully saturated rings. The number of carbonyl (C=O) groups excluding carboxylic acids is 1. The lowest BCUT2D eigenvalue weighted by molar-refractivity contribution is -0.138. The lowest BCUT2D eigenvalue weighted by Gasteiger charge is -2.24. The van der Waals surface area contributed by atoms with Crippen LogP contribution in [0.3, 0.4) is 0 Å². The molecule has 4 nitrogen and oxygen atoms in total. The number of hydrogen-bond donors (Lipinski definition) is 1. The molecule has 0 aliphatic heterocycles. The fraction of sp³-hybridized carbons (Fsp3) is 0.375. The van der Waals surface area contributed by atoms with Crippen LogP contribution in [0.5, 0.6) is 0 Å². The molecular formula is C16H18F3N3O. The average Bonchev–Trinajstić information content (AvgIpc) is 2.87. The Bertz CT molecular complexity index is 732. The fourth-order valence-electron chi connectivity index (χ4n) is 2.11. The molecule has 124 valence electrons. The van der Waals surface area contributed by atoms with E-state index in [1.165, 1.54) is 23.7 Å². The van der Waals surface area contributed by atoms with Crippen molar-refractivity contribution in [3.05, 3.63) is 47.3 Å². The van der Waals surface area contributed by atoms with Crippen molar-refractivity contribution < 1.29 is 18.0 Å². The molecule has 1 amide bonds. The van der Waals surface area contributed by atoms with Gasteiger partial charge in [-0.2, -0.15) is 18.3 Å². The predicted molar refractivity (Wildman–Crippen MR) is 81.1 cm³/mol. The summed E-state index contributed by atoms with van der Waals surface area (Å²) in [6.45, 7) is 6.51. The molecule has 1 N–H and O–H groups in total. The van der Waals surface area contributed by atoms with Gasteiger partial charge in [-0.25, -0.2) is 0 Å². The van der Waals surface area contributed by atoms with E-state index in [-0.39, 0.29) is 11.3 Å². The zero-order chi connectivity index (χ0) is 17.4. The van der Waals surface area contributed by atoms with Crippen molar-refractivity contribution in [2.75, 3.05) is 5.32 Å². The quantitative estimate of drug-likeness (QED) is 0.930. The molecule has 1 heterocycles. The molecule has 0 saturated heterocycles. The first-order valence-electron chi connectivity index (χ1n) is 7.03. The predicted octanol–water partition coefficient (Wildman–Crippen LogP) is 3.89. The average molecular weight is 325 g/mol. The molecule has 2 rings (SSSR count). The fourth-order valence-corrected chi connectivity index (χ4v) is 2.11. The van der Waals surface area contributed by atoms with Crippen molar-refractivity contribution in [1.29, 1.82) is 0 Å². The van der Waals surface area contributed by atoms with Crippen molar-refractivity contribution in [2.45, 2.75) is 39.4 Å².